The summed E-state index contributed by atoms with van der Waals surface area (Å²) < 4.78 is 36.8. The highest BCUT2D eigenvalue weighted by atomic mass is 19.4. The first-order valence-electron chi connectivity index (χ1n) is 3.98. The first-order valence-corrected chi connectivity index (χ1v) is 3.98. The fourth-order valence-corrected chi connectivity index (χ4v) is 1.26. The molecule has 0 aliphatic heterocycles. The molecular formula is C9H4F3N3. The fourth-order valence-electron chi connectivity index (χ4n) is 1.26. The SMILES string of the molecule is N#Cc1c[nH]c2nc(C(F)(F)F)ccc12. The van der Waals surface area contributed by atoms with Gasteiger partial charge in [-0.05, 0) is 12.1 Å². The van der Waals surface area contributed by atoms with Crippen molar-refractivity contribution in [2.75, 3.05) is 0 Å². The van der Waals surface area contributed by atoms with E-state index in [2.05, 4.69) is 9.97 Å². The minimum atomic E-state index is -4.47. The van der Waals surface area contributed by atoms with Gasteiger partial charge in [0.15, 0.2) is 0 Å². The molecule has 0 amide bonds. The van der Waals surface area contributed by atoms with E-state index in [1.54, 1.807) is 0 Å². The Kier molecular flexibility index (Phi) is 1.89. The molecule has 0 unspecified atom stereocenters. The number of nitrogens with zero attached hydrogens (tertiary/aromatic N) is 2. The molecule has 2 rings (SSSR count). The van der Waals surface area contributed by atoms with Crippen LogP contribution in [-0.2, 0) is 6.18 Å². The zero-order valence-electron chi connectivity index (χ0n) is 7.26. The predicted molar refractivity (Wildman–Crippen MR) is 45.8 cm³/mol. The van der Waals surface area contributed by atoms with Gasteiger partial charge < -0.3 is 4.98 Å². The highest BCUT2D eigenvalue weighted by molar-refractivity contribution is 5.82. The number of halogens is 3. The molecule has 0 radical (unpaired) electrons. The van der Waals surface area contributed by atoms with Crippen LogP contribution in [0.2, 0.25) is 0 Å². The minimum Gasteiger partial charge on any atom is -0.345 e. The lowest BCUT2D eigenvalue weighted by Gasteiger charge is -2.04. The Bertz CT molecular complexity index is 548. The van der Waals surface area contributed by atoms with Crippen molar-refractivity contribution in [3.63, 3.8) is 0 Å². The molecule has 2 aromatic heterocycles. The molecule has 76 valence electrons. The first kappa shape index (κ1) is 9.52. The number of pyridine rings is 1. The number of alkyl halides is 3. The zero-order chi connectivity index (χ0) is 11.1. The summed E-state index contributed by atoms with van der Waals surface area (Å²) in [6.45, 7) is 0. The van der Waals surface area contributed by atoms with Crippen LogP contribution < -0.4 is 0 Å². The smallest absolute Gasteiger partial charge is 0.345 e. The molecule has 0 fully saturated rings. The second kappa shape index (κ2) is 2.98. The normalized spacial score (nSPS) is 11.6. The van der Waals surface area contributed by atoms with E-state index in [1.165, 1.54) is 12.3 Å². The van der Waals surface area contributed by atoms with E-state index < -0.39 is 11.9 Å². The second-order valence-electron chi connectivity index (χ2n) is 2.90. The summed E-state index contributed by atoms with van der Waals surface area (Å²) in [6, 6.07) is 3.95. The van der Waals surface area contributed by atoms with Crippen molar-refractivity contribution in [1.82, 2.24) is 9.97 Å². The van der Waals surface area contributed by atoms with Crippen LogP contribution in [0.25, 0.3) is 11.0 Å². The second-order valence-corrected chi connectivity index (χ2v) is 2.90. The largest absolute Gasteiger partial charge is 0.433 e. The van der Waals surface area contributed by atoms with Crippen LogP contribution >= 0.6 is 0 Å². The van der Waals surface area contributed by atoms with E-state index >= 15 is 0 Å². The number of nitrogens with one attached hydrogen (secondary N) is 1. The summed E-state index contributed by atoms with van der Waals surface area (Å²) in [7, 11) is 0. The number of rotatable bonds is 0. The lowest BCUT2D eigenvalue weighted by Crippen LogP contribution is -2.07. The highest BCUT2D eigenvalue weighted by Crippen LogP contribution is 2.29. The molecule has 0 aliphatic rings. The molecule has 0 bridgehead atoms. The number of nitriles is 1. The molecular weight excluding hydrogens is 207 g/mol. The summed E-state index contributed by atoms with van der Waals surface area (Å²) in [4.78, 5) is 5.90. The molecule has 0 aromatic carbocycles. The Labute approximate surface area is 82.2 Å². The lowest BCUT2D eigenvalue weighted by atomic mass is 10.2. The van der Waals surface area contributed by atoms with Crippen molar-refractivity contribution < 1.29 is 13.2 Å². The van der Waals surface area contributed by atoms with Gasteiger partial charge >= 0.3 is 6.18 Å². The van der Waals surface area contributed by atoms with Gasteiger partial charge in [0.25, 0.3) is 0 Å². The fraction of sp³-hybridized carbons (Fsp3) is 0.111. The third-order valence-corrected chi connectivity index (χ3v) is 1.95. The van der Waals surface area contributed by atoms with Gasteiger partial charge in [0, 0.05) is 11.6 Å². The maximum Gasteiger partial charge on any atom is 0.433 e. The van der Waals surface area contributed by atoms with E-state index in [1.807, 2.05) is 6.07 Å². The lowest BCUT2D eigenvalue weighted by molar-refractivity contribution is -0.141. The summed E-state index contributed by atoms with van der Waals surface area (Å²) in [6.07, 6.45) is -3.13. The number of aromatic amines is 1. The van der Waals surface area contributed by atoms with Gasteiger partial charge in [-0.1, -0.05) is 0 Å². The van der Waals surface area contributed by atoms with E-state index in [0.717, 1.165) is 6.07 Å². The molecule has 3 nitrogen and oxygen atoms in total. The van der Waals surface area contributed by atoms with Crippen LogP contribution in [0.1, 0.15) is 11.3 Å². The summed E-state index contributed by atoms with van der Waals surface area (Å²) in [5, 5.41) is 9.03. The van der Waals surface area contributed by atoms with Crippen molar-refractivity contribution in [2.24, 2.45) is 0 Å². The van der Waals surface area contributed by atoms with Crippen molar-refractivity contribution in [2.45, 2.75) is 6.18 Å². The van der Waals surface area contributed by atoms with Crippen molar-refractivity contribution >= 4 is 11.0 Å². The summed E-state index contributed by atoms with van der Waals surface area (Å²) in [5.74, 6) is 0. The predicted octanol–water partition coefficient (Wildman–Crippen LogP) is 2.45. The molecule has 2 aromatic rings. The summed E-state index contributed by atoms with van der Waals surface area (Å²) in [5.41, 5.74) is -0.617. The first-order chi connectivity index (χ1) is 7.02. The zero-order valence-corrected chi connectivity index (χ0v) is 7.26. The Balaban J connectivity index is 2.65. The third kappa shape index (κ3) is 1.52. The van der Waals surface area contributed by atoms with E-state index in [4.69, 9.17) is 5.26 Å². The van der Waals surface area contributed by atoms with Gasteiger partial charge in [0.1, 0.15) is 17.4 Å². The van der Waals surface area contributed by atoms with Crippen LogP contribution in [-0.4, -0.2) is 9.97 Å². The Morgan fingerprint density at radius 2 is 2.07 bits per heavy atom. The van der Waals surface area contributed by atoms with Crippen molar-refractivity contribution in [1.29, 1.82) is 5.26 Å². The number of hydrogen-bond donors (Lipinski definition) is 1. The van der Waals surface area contributed by atoms with Gasteiger partial charge in [-0.25, -0.2) is 4.98 Å². The van der Waals surface area contributed by atoms with Crippen LogP contribution in [0.3, 0.4) is 0 Å². The molecule has 0 saturated carbocycles. The van der Waals surface area contributed by atoms with Gasteiger partial charge in [0.2, 0.25) is 0 Å². The van der Waals surface area contributed by atoms with Gasteiger partial charge in [0.05, 0.1) is 5.56 Å². The molecule has 1 N–H and O–H groups in total. The summed E-state index contributed by atoms with van der Waals surface area (Å²) >= 11 is 0. The maximum absolute atomic E-state index is 12.3. The number of aromatic nitrogens is 2. The maximum atomic E-state index is 12.3. The molecule has 0 saturated heterocycles. The van der Waals surface area contributed by atoms with Gasteiger partial charge in [-0.2, -0.15) is 18.4 Å². The number of fused-ring (bicyclic) bond motifs is 1. The average Bonchev–Trinajstić information content (AvgIpc) is 2.58. The molecule has 0 spiro atoms. The van der Waals surface area contributed by atoms with Gasteiger partial charge in [-0.3, -0.25) is 0 Å². The molecule has 2 heterocycles. The molecule has 15 heavy (non-hydrogen) atoms. The Morgan fingerprint density at radius 3 is 2.67 bits per heavy atom. The van der Waals surface area contributed by atoms with Crippen molar-refractivity contribution in [3.05, 3.63) is 29.6 Å². The minimum absolute atomic E-state index is 0.0707. The van der Waals surface area contributed by atoms with Crippen LogP contribution in [0, 0.1) is 11.3 Å². The topological polar surface area (TPSA) is 52.5 Å². The third-order valence-electron chi connectivity index (χ3n) is 1.95. The molecule has 6 heteroatoms. The van der Waals surface area contributed by atoms with Crippen molar-refractivity contribution in [3.8, 4) is 6.07 Å². The van der Waals surface area contributed by atoms with Crippen LogP contribution in [0.5, 0.6) is 0 Å². The number of hydrogen-bond acceptors (Lipinski definition) is 2. The van der Waals surface area contributed by atoms with Crippen LogP contribution in [0.4, 0.5) is 13.2 Å². The quantitative estimate of drug-likeness (QED) is 0.727. The highest BCUT2D eigenvalue weighted by Gasteiger charge is 2.32. The van der Waals surface area contributed by atoms with E-state index in [0.29, 0.717) is 5.39 Å². The Morgan fingerprint density at radius 1 is 1.33 bits per heavy atom. The van der Waals surface area contributed by atoms with E-state index in [-0.39, 0.29) is 11.2 Å². The van der Waals surface area contributed by atoms with Crippen LogP contribution in [0.15, 0.2) is 18.3 Å². The standard InChI is InChI=1S/C9H4F3N3/c10-9(11,12)7-2-1-6-5(3-13)4-14-8(6)15-7/h1-2,4H,(H,14,15). The molecule has 0 aliphatic carbocycles. The average molecular weight is 211 g/mol. The van der Waals surface area contributed by atoms with Gasteiger partial charge in [-0.15, -0.1) is 0 Å². The number of H-pyrrole nitrogens is 1. The molecule has 0 atom stereocenters. The van der Waals surface area contributed by atoms with E-state index in [9.17, 15) is 13.2 Å². The Hall–Kier alpha value is -2.03. The monoisotopic (exact) mass is 211 g/mol.